The Kier molecular flexibility index (Phi) is 7.36. The highest BCUT2D eigenvalue weighted by Gasteiger charge is 2.25. The van der Waals surface area contributed by atoms with Gasteiger partial charge >= 0.3 is 0 Å². The number of hydrogen-bond acceptors (Lipinski definition) is 5. The molecule has 1 aliphatic rings. The van der Waals surface area contributed by atoms with Crippen LogP contribution in [0.5, 0.6) is 11.5 Å². The second-order valence-electron chi connectivity index (χ2n) is 7.18. The summed E-state index contributed by atoms with van der Waals surface area (Å²) in [5, 5.41) is 3.56. The molecule has 1 heterocycles. The number of piperazine rings is 1. The van der Waals surface area contributed by atoms with Crippen LogP contribution in [0.4, 0.5) is 5.69 Å². The third-order valence-corrected chi connectivity index (χ3v) is 5.52. The average molecular weight is 418 g/mol. The van der Waals surface area contributed by atoms with E-state index in [0.717, 1.165) is 49.9 Å². The molecule has 156 valence electrons. The number of anilines is 1. The largest absolute Gasteiger partial charge is 0.493 e. The molecule has 0 aromatic heterocycles. The molecule has 0 radical (unpaired) electrons. The minimum Gasteiger partial charge on any atom is -0.493 e. The molecule has 1 fully saturated rings. The summed E-state index contributed by atoms with van der Waals surface area (Å²) in [6.45, 7) is 6.29. The van der Waals surface area contributed by atoms with E-state index in [4.69, 9.17) is 21.1 Å². The molecular formula is C22H28ClN3O3. The van der Waals surface area contributed by atoms with Crippen molar-refractivity contribution < 1.29 is 14.3 Å². The smallest absolute Gasteiger partial charge is 0.241 e. The van der Waals surface area contributed by atoms with Crippen molar-refractivity contribution in [1.29, 1.82) is 0 Å². The number of amides is 1. The molecule has 0 bridgehead atoms. The van der Waals surface area contributed by atoms with Crippen LogP contribution in [0.25, 0.3) is 0 Å². The Balaban J connectivity index is 1.51. The van der Waals surface area contributed by atoms with Gasteiger partial charge in [0.25, 0.3) is 0 Å². The molecule has 29 heavy (non-hydrogen) atoms. The van der Waals surface area contributed by atoms with E-state index >= 15 is 0 Å². The number of halogens is 1. The van der Waals surface area contributed by atoms with Crippen LogP contribution in [0.2, 0.25) is 5.02 Å². The zero-order valence-corrected chi connectivity index (χ0v) is 17.9. The van der Waals surface area contributed by atoms with Crippen molar-refractivity contribution in [2.24, 2.45) is 0 Å². The maximum atomic E-state index is 12.6. The number of ether oxygens (including phenoxy) is 2. The molecule has 1 aliphatic heterocycles. The van der Waals surface area contributed by atoms with Crippen molar-refractivity contribution in [2.75, 3.05) is 45.7 Å². The van der Waals surface area contributed by atoms with Crippen molar-refractivity contribution in [3.05, 3.63) is 53.1 Å². The summed E-state index contributed by atoms with van der Waals surface area (Å²) in [6.07, 6.45) is 0. The first-order valence-electron chi connectivity index (χ1n) is 9.74. The molecule has 0 unspecified atom stereocenters. The van der Waals surface area contributed by atoms with Gasteiger partial charge in [0.2, 0.25) is 5.91 Å². The van der Waals surface area contributed by atoms with E-state index in [1.807, 2.05) is 31.2 Å². The fourth-order valence-corrected chi connectivity index (χ4v) is 3.71. The van der Waals surface area contributed by atoms with Crippen molar-refractivity contribution >= 4 is 23.2 Å². The normalized spacial score (nSPS) is 16.3. The Morgan fingerprint density at radius 1 is 1.07 bits per heavy atom. The van der Waals surface area contributed by atoms with Gasteiger partial charge in [-0.2, -0.15) is 0 Å². The van der Waals surface area contributed by atoms with Crippen molar-refractivity contribution in [2.45, 2.75) is 19.5 Å². The van der Waals surface area contributed by atoms with Crippen LogP contribution in [0.3, 0.4) is 0 Å². The molecule has 0 spiro atoms. The van der Waals surface area contributed by atoms with Gasteiger partial charge in [0.15, 0.2) is 11.5 Å². The van der Waals surface area contributed by atoms with Gasteiger partial charge in [-0.15, -0.1) is 0 Å². The first-order chi connectivity index (χ1) is 14.0. The van der Waals surface area contributed by atoms with Crippen molar-refractivity contribution in [3.63, 3.8) is 0 Å². The first kappa shape index (κ1) is 21.4. The zero-order chi connectivity index (χ0) is 20.8. The van der Waals surface area contributed by atoms with Crippen LogP contribution in [-0.2, 0) is 11.3 Å². The Labute approximate surface area is 177 Å². The van der Waals surface area contributed by atoms with Crippen molar-refractivity contribution in [3.8, 4) is 11.5 Å². The van der Waals surface area contributed by atoms with E-state index < -0.39 is 0 Å². The van der Waals surface area contributed by atoms with Gasteiger partial charge in [0.05, 0.1) is 20.3 Å². The lowest BCUT2D eigenvalue weighted by molar-refractivity contribution is -0.121. The van der Waals surface area contributed by atoms with E-state index in [1.54, 1.807) is 26.4 Å². The molecule has 1 amide bonds. The summed E-state index contributed by atoms with van der Waals surface area (Å²) >= 11 is 5.99. The predicted molar refractivity (Wildman–Crippen MR) is 116 cm³/mol. The van der Waals surface area contributed by atoms with Gasteiger partial charge < -0.3 is 14.8 Å². The lowest BCUT2D eigenvalue weighted by Gasteiger charge is -2.37. The Hall–Kier alpha value is -2.28. The summed E-state index contributed by atoms with van der Waals surface area (Å²) < 4.78 is 10.7. The van der Waals surface area contributed by atoms with Crippen LogP contribution < -0.4 is 14.8 Å². The number of carbonyl (C=O) groups is 1. The van der Waals surface area contributed by atoms with Gasteiger partial charge in [-0.1, -0.05) is 23.7 Å². The van der Waals surface area contributed by atoms with E-state index in [1.165, 1.54) is 5.56 Å². The molecular weight excluding hydrogens is 390 g/mol. The number of rotatable bonds is 7. The Bertz CT molecular complexity index is 838. The summed E-state index contributed by atoms with van der Waals surface area (Å²) in [6, 6.07) is 13.0. The minimum atomic E-state index is -0.197. The quantitative estimate of drug-likeness (QED) is 0.747. The fourth-order valence-electron chi connectivity index (χ4n) is 3.52. The molecule has 1 N–H and O–H groups in total. The molecule has 3 rings (SSSR count). The van der Waals surface area contributed by atoms with Gasteiger partial charge in [-0.25, -0.2) is 0 Å². The maximum absolute atomic E-state index is 12.6. The molecule has 0 saturated carbocycles. The highest BCUT2D eigenvalue weighted by Crippen LogP contribution is 2.28. The third kappa shape index (κ3) is 5.63. The number of carbonyl (C=O) groups excluding carboxylic acids is 1. The minimum absolute atomic E-state index is 0.0133. The average Bonchev–Trinajstić information content (AvgIpc) is 2.73. The molecule has 0 aliphatic carbocycles. The second-order valence-corrected chi connectivity index (χ2v) is 7.61. The van der Waals surface area contributed by atoms with Crippen molar-refractivity contribution in [1.82, 2.24) is 9.80 Å². The number of methoxy groups -OCH3 is 2. The van der Waals surface area contributed by atoms with E-state index in [0.29, 0.717) is 5.02 Å². The van der Waals surface area contributed by atoms with Crippen LogP contribution >= 0.6 is 11.6 Å². The van der Waals surface area contributed by atoms with Gasteiger partial charge in [0.1, 0.15) is 0 Å². The maximum Gasteiger partial charge on any atom is 0.241 e. The number of nitrogens with one attached hydrogen (secondary N) is 1. The molecule has 6 nitrogen and oxygen atoms in total. The summed E-state index contributed by atoms with van der Waals surface area (Å²) in [4.78, 5) is 17.2. The lowest BCUT2D eigenvalue weighted by atomic mass is 10.1. The molecule has 7 heteroatoms. The van der Waals surface area contributed by atoms with Gasteiger partial charge in [-0.05, 0) is 42.8 Å². The predicted octanol–water partition coefficient (Wildman–Crippen LogP) is 3.50. The van der Waals surface area contributed by atoms with Crippen LogP contribution in [0.15, 0.2) is 42.5 Å². The van der Waals surface area contributed by atoms with E-state index in [9.17, 15) is 4.79 Å². The first-order valence-corrected chi connectivity index (χ1v) is 10.1. The molecule has 1 saturated heterocycles. The van der Waals surface area contributed by atoms with E-state index in [2.05, 4.69) is 21.2 Å². The Morgan fingerprint density at radius 3 is 2.45 bits per heavy atom. The number of benzene rings is 2. The molecule has 2 aromatic rings. The molecule has 2 aromatic carbocycles. The summed E-state index contributed by atoms with van der Waals surface area (Å²) in [5.74, 6) is 1.47. The van der Waals surface area contributed by atoms with Gasteiger partial charge in [-0.3, -0.25) is 14.6 Å². The van der Waals surface area contributed by atoms with Crippen LogP contribution in [0.1, 0.15) is 12.5 Å². The van der Waals surface area contributed by atoms with Crippen LogP contribution in [-0.4, -0.2) is 62.1 Å². The van der Waals surface area contributed by atoms with E-state index in [-0.39, 0.29) is 11.9 Å². The Morgan fingerprint density at radius 2 is 1.79 bits per heavy atom. The highest BCUT2D eigenvalue weighted by molar-refractivity contribution is 6.30. The second kappa shape index (κ2) is 9.96. The number of hydrogen-bond donors (Lipinski definition) is 1. The zero-order valence-electron chi connectivity index (χ0n) is 17.2. The SMILES string of the molecule is COc1ccc(CN2CCN([C@H](C)C(=O)Nc3cccc(Cl)c3)CC2)cc1OC. The summed E-state index contributed by atoms with van der Waals surface area (Å²) in [7, 11) is 3.29. The summed E-state index contributed by atoms with van der Waals surface area (Å²) in [5.41, 5.74) is 1.91. The van der Waals surface area contributed by atoms with Gasteiger partial charge in [0, 0.05) is 43.4 Å². The van der Waals surface area contributed by atoms with Crippen LogP contribution in [0, 0.1) is 0 Å². The molecule has 1 atom stereocenters. The third-order valence-electron chi connectivity index (χ3n) is 5.28. The lowest BCUT2D eigenvalue weighted by Crippen LogP contribution is -2.52. The standard InChI is InChI=1S/C22H28ClN3O3/c1-16(22(27)24-19-6-4-5-18(23)14-19)26-11-9-25(10-12-26)15-17-7-8-20(28-2)21(13-17)29-3/h4-8,13-14,16H,9-12,15H2,1-3H3,(H,24,27)/t16-/m1/s1. The fraction of sp³-hybridized carbons (Fsp3) is 0.409. The topological polar surface area (TPSA) is 54.0 Å². The monoisotopic (exact) mass is 417 g/mol. The number of nitrogens with zero attached hydrogens (tertiary/aromatic N) is 2. The highest BCUT2D eigenvalue weighted by atomic mass is 35.5.